The summed E-state index contributed by atoms with van der Waals surface area (Å²) in [6.45, 7) is 5.50. The van der Waals surface area contributed by atoms with Crippen LogP contribution < -0.4 is 5.32 Å². The summed E-state index contributed by atoms with van der Waals surface area (Å²) in [5, 5.41) is 3.70. The number of hydrogen-bond donors (Lipinski definition) is 1. The van der Waals surface area contributed by atoms with Crippen LogP contribution in [0.15, 0.2) is 60.7 Å². The molecule has 1 heteroatoms. The topological polar surface area (TPSA) is 12.0 Å². The Bertz CT molecular complexity index is 486. The van der Waals surface area contributed by atoms with Crippen molar-refractivity contribution in [1.29, 1.82) is 0 Å². The first-order chi connectivity index (χ1) is 10.3. The van der Waals surface area contributed by atoms with Gasteiger partial charge in [0.2, 0.25) is 0 Å². The van der Waals surface area contributed by atoms with E-state index in [1.54, 1.807) is 0 Å². The van der Waals surface area contributed by atoms with Crippen LogP contribution >= 0.6 is 0 Å². The van der Waals surface area contributed by atoms with E-state index in [9.17, 15) is 0 Å². The summed E-state index contributed by atoms with van der Waals surface area (Å²) in [4.78, 5) is 0. The van der Waals surface area contributed by atoms with Gasteiger partial charge in [-0.2, -0.15) is 0 Å². The van der Waals surface area contributed by atoms with Crippen LogP contribution in [0.25, 0.3) is 0 Å². The lowest BCUT2D eigenvalue weighted by Crippen LogP contribution is -2.35. The van der Waals surface area contributed by atoms with Gasteiger partial charge in [-0.25, -0.2) is 0 Å². The molecule has 112 valence electrons. The molecule has 0 saturated heterocycles. The number of hydrogen-bond acceptors (Lipinski definition) is 1. The summed E-state index contributed by atoms with van der Waals surface area (Å²) in [6.07, 6.45) is 3.54. The van der Waals surface area contributed by atoms with E-state index < -0.39 is 0 Å². The molecular formula is C20H27N. The second kappa shape index (κ2) is 8.63. The molecule has 1 N–H and O–H groups in total. The fourth-order valence-electron chi connectivity index (χ4n) is 3.08. The minimum atomic E-state index is 0.536. The third kappa shape index (κ3) is 4.71. The lowest BCUT2D eigenvalue weighted by Gasteiger charge is -2.28. The zero-order valence-corrected chi connectivity index (χ0v) is 13.3. The van der Waals surface area contributed by atoms with Crippen LogP contribution in [0.3, 0.4) is 0 Å². The van der Waals surface area contributed by atoms with Crippen molar-refractivity contribution in [3.63, 3.8) is 0 Å². The number of rotatable bonds is 8. The molecule has 21 heavy (non-hydrogen) atoms. The Morgan fingerprint density at radius 2 is 1.48 bits per heavy atom. The van der Waals surface area contributed by atoms with Gasteiger partial charge < -0.3 is 5.32 Å². The third-order valence-corrected chi connectivity index (χ3v) is 4.08. The van der Waals surface area contributed by atoms with Gasteiger partial charge in [0, 0.05) is 12.0 Å². The van der Waals surface area contributed by atoms with Gasteiger partial charge in [0.05, 0.1) is 0 Å². The molecule has 0 heterocycles. The molecular weight excluding hydrogens is 254 g/mol. The van der Waals surface area contributed by atoms with Crippen molar-refractivity contribution in [2.45, 2.75) is 45.1 Å². The van der Waals surface area contributed by atoms with Crippen LogP contribution in [0.4, 0.5) is 0 Å². The van der Waals surface area contributed by atoms with Crippen molar-refractivity contribution in [1.82, 2.24) is 5.32 Å². The number of nitrogens with one attached hydrogen (secondary N) is 1. The Kier molecular flexibility index (Phi) is 6.49. The van der Waals surface area contributed by atoms with Crippen molar-refractivity contribution in [3.8, 4) is 0 Å². The first kappa shape index (κ1) is 15.8. The average molecular weight is 281 g/mol. The Morgan fingerprint density at radius 1 is 0.857 bits per heavy atom. The summed E-state index contributed by atoms with van der Waals surface area (Å²) in [7, 11) is 0. The summed E-state index contributed by atoms with van der Waals surface area (Å²) in [5.41, 5.74) is 2.87. The summed E-state index contributed by atoms with van der Waals surface area (Å²) in [5.74, 6) is 0.536. The van der Waals surface area contributed by atoms with E-state index in [1.807, 2.05) is 0 Å². The van der Waals surface area contributed by atoms with Crippen molar-refractivity contribution in [2.75, 3.05) is 6.54 Å². The van der Waals surface area contributed by atoms with Crippen LogP contribution in [0, 0.1) is 0 Å². The Hall–Kier alpha value is -1.60. The van der Waals surface area contributed by atoms with Crippen LogP contribution in [0.2, 0.25) is 0 Å². The quantitative estimate of drug-likeness (QED) is 0.733. The van der Waals surface area contributed by atoms with E-state index in [2.05, 4.69) is 79.8 Å². The highest BCUT2D eigenvalue weighted by Gasteiger charge is 2.22. The molecule has 0 bridgehead atoms. The molecule has 2 aromatic carbocycles. The fourth-order valence-corrected chi connectivity index (χ4v) is 3.08. The van der Waals surface area contributed by atoms with Crippen molar-refractivity contribution in [3.05, 3.63) is 71.8 Å². The molecule has 0 fully saturated rings. The predicted octanol–water partition coefficient (Wildman–Crippen LogP) is 4.79. The largest absolute Gasteiger partial charge is 0.314 e. The van der Waals surface area contributed by atoms with Gasteiger partial charge >= 0.3 is 0 Å². The lowest BCUT2D eigenvalue weighted by molar-refractivity contribution is 0.409. The molecule has 0 radical (unpaired) electrons. The average Bonchev–Trinajstić information content (AvgIpc) is 2.54. The summed E-state index contributed by atoms with van der Waals surface area (Å²) < 4.78 is 0. The highest BCUT2D eigenvalue weighted by atomic mass is 14.9. The van der Waals surface area contributed by atoms with Gasteiger partial charge in [0.15, 0.2) is 0 Å². The van der Waals surface area contributed by atoms with E-state index >= 15 is 0 Å². The zero-order chi connectivity index (χ0) is 14.9. The minimum absolute atomic E-state index is 0.536. The van der Waals surface area contributed by atoms with Crippen LogP contribution in [-0.2, 0) is 6.42 Å². The van der Waals surface area contributed by atoms with Crippen LogP contribution in [0.1, 0.15) is 43.7 Å². The number of likely N-dealkylation sites (N-methyl/N-ethyl adjacent to an activating group) is 1. The highest BCUT2D eigenvalue weighted by Crippen LogP contribution is 2.27. The van der Waals surface area contributed by atoms with E-state index in [0.29, 0.717) is 12.0 Å². The van der Waals surface area contributed by atoms with Crippen molar-refractivity contribution < 1.29 is 0 Å². The van der Waals surface area contributed by atoms with Crippen molar-refractivity contribution >= 4 is 0 Å². The van der Waals surface area contributed by atoms with Gasteiger partial charge in [-0.05, 0) is 30.5 Å². The molecule has 0 aliphatic heterocycles. The zero-order valence-electron chi connectivity index (χ0n) is 13.3. The van der Waals surface area contributed by atoms with E-state index in [0.717, 1.165) is 13.0 Å². The molecule has 2 unspecified atom stereocenters. The standard InChI is InChI=1S/C20H27N/c1-3-11-20(21-4-2)19(18-14-9-6-10-15-18)16-17-12-7-5-8-13-17/h5-10,12-15,19-21H,3-4,11,16H2,1-2H3. The SMILES string of the molecule is CCCC(NCC)C(Cc1ccccc1)c1ccccc1. The first-order valence-corrected chi connectivity index (χ1v) is 8.17. The number of benzene rings is 2. The van der Waals surface area contributed by atoms with Crippen LogP contribution in [-0.4, -0.2) is 12.6 Å². The van der Waals surface area contributed by atoms with Gasteiger partial charge in [-0.1, -0.05) is 80.9 Å². The Morgan fingerprint density at radius 3 is 2.05 bits per heavy atom. The van der Waals surface area contributed by atoms with Gasteiger partial charge in [0.25, 0.3) is 0 Å². The molecule has 0 amide bonds. The van der Waals surface area contributed by atoms with Crippen LogP contribution in [0.5, 0.6) is 0 Å². The lowest BCUT2D eigenvalue weighted by atomic mass is 9.84. The monoisotopic (exact) mass is 281 g/mol. The maximum atomic E-state index is 3.70. The van der Waals surface area contributed by atoms with Gasteiger partial charge in [-0.15, -0.1) is 0 Å². The fraction of sp³-hybridized carbons (Fsp3) is 0.400. The molecule has 2 rings (SSSR count). The first-order valence-electron chi connectivity index (χ1n) is 8.17. The van der Waals surface area contributed by atoms with Gasteiger partial charge in [-0.3, -0.25) is 0 Å². The Labute approximate surface area is 129 Å². The maximum Gasteiger partial charge on any atom is 0.0139 e. The predicted molar refractivity (Wildman–Crippen MR) is 91.7 cm³/mol. The summed E-state index contributed by atoms with van der Waals surface area (Å²) >= 11 is 0. The van der Waals surface area contributed by atoms with E-state index in [-0.39, 0.29) is 0 Å². The van der Waals surface area contributed by atoms with Gasteiger partial charge in [0.1, 0.15) is 0 Å². The normalized spacial score (nSPS) is 13.8. The molecule has 0 aliphatic carbocycles. The molecule has 0 saturated carbocycles. The molecule has 2 aromatic rings. The molecule has 2 atom stereocenters. The maximum absolute atomic E-state index is 3.70. The third-order valence-electron chi connectivity index (χ3n) is 4.08. The molecule has 0 aliphatic rings. The molecule has 0 aromatic heterocycles. The molecule has 0 spiro atoms. The van der Waals surface area contributed by atoms with E-state index in [1.165, 1.54) is 24.0 Å². The highest BCUT2D eigenvalue weighted by molar-refractivity contribution is 5.26. The Balaban J connectivity index is 2.24. The smallest absolute Gasteiger partial charge is 0.0139 e. The van der Waals surface area contributed by atoms with Crippen molar-refractivity contribution in [2.24, 2.45) is 0 Å². The summed E-state index contributed by atoms with van der Waals surface area (Å²) in [6, 6.07) is 22.4. The van der Waals surface area contributed by atoms with E-state index in [4.69, 9.17) is 0 Å². The molecule has 1 nitrogen and oxygen atoms in total. The minimum Gasteiger partial charge on any atom is -0.314 e. The second-order valence-corrected chi connectivity index (χ2v) is 5.66. The second-order valence-electron chi connectivity index (χ2n) is 5.66.